The Bertz CT molecular complexity index is 1540. The third kappa shape index (κ3) is 7.81. The van der Waals surface area contributed by atoms with Gasteiger partial charge in [-0.2, -0.15) is 0 Å². The molecule has 44 heavy (non-hydrogen) atoms. The van der Waals surface area contributed by atoms with Gasteiger partial charge in [0.1, 0.15) is 11.2 Å². The van der Waals surface area contributed by atoms with Crippen molar-refractivity contribution in [3.05, 3.63) is 63.2 Å². The molecule has 238 valence electrons. The number of azide groups is 1. The summed E-state index contributed by atoms with van der Waals surface area (Å²) in [5, 5.41) is 4.62. The molecule has 1 aromatic carbocycles. The van der Waals surface area contributed by atoms with Crippen molar-refractivity contribution in [2.45, 2.75) is 100 Å². The molecule has 0 fully saturated rings. The lowest BCUT2D eigenvalue weighted by molar-refractivity contribution is -0.137. The van der Waals surface area contributed by atoms with Crippen LogP contribution in [-0.2, 0) is 14.9 Å². The van der Waals surface area contributed by atoms with Crippen molar-refractivity contribution in [3.8, 4) is 11.3 Å². The first kappa shape index (κ1) is 34.6. The molecule has 0 spiro atoms. The number of nitrogens with zero attached hydrogens (tertiary/aromatic N) is 6. The number of benzene rings is 1. The Morgan fingerprint density at radius 1 is 0.977 bits per heavy atom. The van der Waals surface area contributed by atoms with E-state index in [1.54, 1.807) is 10.8 Å². The number of hydrogen-bond acceptors (Lipinski definition) is 5. The van der Waals surface area contributed by atoms with E-state index in [-0.39, 0.29) is 18.4 Å². The Morgan fingerprint density at radius 3 is 2.05 bits per heavy atom. The van der Waals surface area contributed by atoms with Crippen LogP contribution >= 0.6 is 0 Å². The minimum Gasteiger partial charge on any atom is -0.443 e. The summed E-state index contributed by atoms with van der Waals surface area (Å²) in [7, 11) is 0. The average Bonchev–Trinajstić information content (AvgIpc) is 3.23. The molecule has 0 unspecified atom stereocenters. The molecular formula is C35H50N6O3. The van der Waals surface area contributed by atoms with Crippen molar-refractivity contribution in [2.24, 2.45) is 17.0 Å². The first-order valence-electron chi connectivity index (χ1n) is 15.5. The fraction of sp³-hybridized carbons (Fsp3) is 0.571. The summed E-state index contributed by atoms with van der Waals surface area (Å²) in [6.45, 7) is 25.4. The number of ether oxygens (including phenoxy) is 1. The second-order valence-corrected chi connectivity index (χ2v) is 14.5. The van der Waals surface area contributed by atoms with Gasteiger partial charge in [0.05, 0.1) is 11.1 Å². The molecule has 0 saturated carbocycles. The minimum atomic E-state index is -0.885. The molecule has 2 heterocycles. The lowest BCUT2D eigenvalue weighted by Crippen LogP contribution is -2.46. The predicted molar refractivity (Wildman–Crippen MR) is 178 cm³/mol. The van der Waals surface area contributed by atoms with Crippen LogP contribution in [0, 0.1) is 25.7 Å². The second-order valence-electron chi connectivity index (χ2n) is 14.5. The van der Waals surface area contributed by atoms with Crippen molar-refractivity contribution < 1.29 is 14.3 Å². The number of carbonyl (C=O) groups is 2. The fourth-order valence-corrected chi connectivity index (χ4v) is 5.80. The van der Waals surface area contributed by atoms with E-state index in [1.807, 2.05) is 78.5 Å². The Morgan fingerprint density at radius 2 is 1.55 bits per heavy atom. The van der Waals surface area contributed by atoms with Crippen molar-refractivity contribution in [1.29, 1.82) is 0 Å². The molecule has 0 aliphatic rings. The highest BCUT2D eigenvalue weighted by molar-refractivity contribution is 5.99. The molecule has 0 aliphatic carbocycles. The molecular weight excluding hydrogens is 552 g/mol. The lowest BCUT2D eigenvalue weighted by Gasteiger charge is -2.34. The van der Waals surface area contributed by atoms with Gasteiger partial charge in [0.2, 0.25) is 5.91 Å². The van der Waals surface area contributed by atoms with Crippen LogP contribution in [0.1, 0.15) is 97.4 Å². The van der Waals surface area contributed by atoms with Crippen LogP contribution in [0.5, 0.6) is 0 Å². The van der Waals surface area contributed by atoms with Crippen LogP contribution in [0.4, 0.5) is 4.79 Å². The van der Waals surface area contributed by atoms with Crippen molar-refractivity contribution >= 4 is 23.0 Å². The molecule has 0 radical (unpaired) electrons. The summed E-state index contributed by atoms with van der Waals surface area (Å²) < 4.78 is 7.45. The van der Waals surface area contributed by atoms with Gasteiger partial charge in [0, 0.05) is 36.1 Å². The van der Waals surface area contributed by atoms with Gasteiger partial charge in [-0.1, -0.05) is 56.9 Å². The highest BCUT2D eigenvalue weighted by Crippen LogP contribution is 2.41. The quantitative estimate of drug-likeness (QED) is 0.131. The molecule has 0 aliphatic heterocycles. The molecule has 1 atom stereocenters. The Kier molecular flexibility index (Phi) is 10.6. The molecule has 2 aromatic heterocycles. The molecule has 9 nitrogen and oxygen atoms in total. The van der Waals surface area contributed by atoms with Crippen LogP contribution in [0.2, 0.25) is 0 Å². The van der Waals surface area contributed by atoms with Crippen molar-refractivity contribution in [1.82, 2.24) is 14.5 Å². The predicted octanol–water partition coefficient (Wildman–Crippen LogP) is 8.94. The number of aryl methyl sites for hydroxylation is 2. The normalized spacial score (nSPS) is 12.9. The molecule has 9 heteroatoms. The third-order valence-corrected chi connectivity index (χ3v) is 7.54. The van der Waals surface area contributed by atoms with Crippen LogP contribution in [0.15, 0.2) is 35.6 Å². The van der Waals surface area contributed by atoms with Crippen molar-refractivity contribution in [2.75, 3.05) is 19.6 Å². The number of aromatic nitrogens is 2. The molecule has 0 saturated heterocycles. The van der Waals surface area contributed by atoms with E-state index in [9.17, 15) is 9.59 Å². The topological polar surface area (TPSA) is 113 Å². The Labute approximate surface area is 262 Å². The largest absolute Gasteiger partial charge is 0.443 e. The Balaban J connectivity index is 2.41. The molecule has 1 amide bonds. The highest BCUT2D eigenvalue weighted by atomic mass is 16.6. The number of pyridine rings is 1. The number of carbonyl (C=O) groups excluding carboxylic acids is 2. The minimum absolute atomic E-state index is 0.0332. The number of amides is 1. The molecule has 0 bridgehead atoms. The Hall–Kier alpha value is -3.84. The highest BCUT2D eigenvalue weighted by Gasteiger charge is 2.37. The van der Waals surface area contributed by atoms with E-state index >= 15 is 0 Å². The zero-order chi connectivity index (χ0) is 33.1. The maximum absolute atomic E-state index is 14.1. The van der Waals surface area contributed by atoms with E-state index in [2.05, 4.69) is 43.8 Å². The lowest BCUT2D eigenvalue weighted by atomic mass is 9.82. The summed E-state index contributed by atoms with van der Waals surface area (Å²) in [6.07, 6.45) is 1.16. The van der Waals surface area contributed by atoms with E-state index in [4.69, 9.17) is 15.3 Å². The maximum Gasteiger partial charge on any atom is 0.420 e. The van der Waals surface area contributed by atoms with Gasteiger partial charge >= 0.3 is 6.09 Å². The van der Waals surface area contributed by atoms with Gasteiger partial charge in [0.25, 0.3) is 0 Å². The van der Waals surface area contributed by atoms with E-state index < -0.39 is 17.1 Å². The molecule has 3 rings (SSSR count). The molecule has 3 aromatic rings. The fourth-order valence-electron chi connectivity index (χ4n) is 5.80. The standard InChI is InChI=1S/C35H50N6O3/c1-21(2)19-40(20-22(3)4)32(42)35(11,12)27-16-28-29(25(7)17-38-39-36)30(26-14-23(5)13-24(6)15-26)41(31(28)37-18-27)33(43)44-34(8,9)10/h13-16,18,21-22,25H,17,19-20H2,1-12H3/t25-/m1/s1. The van der Waals surface area contributed by atoms with Gasteiger partial charge in [-0.05, 0) is 107 Å². The zero-order valence-electron chi connectivity index (χ0n) is 28.6. The van der Waals surface area contributed by atoms with Gasteiger partial charge in [-0.3, -0.25) is 4.79 Å². The van der Waals surface area contributed by atoms with Crippen LogP contribution in [-0.4, -0.2) is 51.7 Å². The average molecular weight is 603 g/mol. The maximum atomic E-state index is 14.1. The first-order chi connectivity index (χ1) is 20.4. The second kappa shape index (κ2) is 13.4. The number of rotatable bonds is 10. The number of hydrogen-bond donors (Lipinski definition) is 0. The van der Waals surface area contributed by atoms with E-state index in [0.717, 1.165) is 33.2 Å². The summed E-state index contributed by atoms with van der Waals surface area (Å²) in [6, 6.07) is 8.14. The number of fused-ring (bicyclic) bond motifs is 1. The van der Waals surface area contributed by atoms with Crippen LogP contribution in [0.25, 0.3) is 32.7 Å². The smallest absolute Gasteiger partial charge is 0.420 e. The third-order valence-electron chi connectivity index (χ3n) is 7.54. The van der Waals surface area contributed by atoms with Crippen LogP contribution < -0.4 is 0 Å². The summed E-state index contributed by atoms with van der Waals surface area (Å²) in [5.74, 6) is 0.420. The van der Waals surface area contributed by atoms with Gasteiger partial charge in [-0.25, -0.2) is 14.3 Å². The first-order valence-corrected chi connectivity index (χ1v) is 15.5. The van der Waals surface area contributed by atoms with E-state index in [1.165, 1.54) is 0 Å². The SMILES string of the molecule is Cc1cc(C)cc(-c2c([C@H](C)CN=[N+]=[N-])c3cc(C(C)(C)C(=O)N(CC(C)C)CC(C)C)cnc3n2C(=O)OC(C)(C)C)c1. The summed E-state index contributed by atoms with van der Waals surface area (Å²) in [5.41, 5.74) is 13.1. The van der Waals surface area contributed by atoms with Gasteiger partial charge in [-0.15, -0.1) is 0 Å². The van der Waals surface area contributed by atoms with Crippen molar-refractivity contribution in [3.63, 3.8) is 0 Å². The van der Waals surface area contributed by atoms with Crippen LogP contribution in [0.3, 0.4) is 0 Å². The van der Waals surface area contributed by atoms with Gasteiger partial charge < -0.3 is 9.64 Å². The summed E-state index contributed by atoms with van der Waals surface area (Å²) >= 11 is 0. The van der Waals surface area contributed by atoms with Gasteiger partial charge in [0.15, 0.2) is 0 Å². The molecule has 0 N–H and O–H groups in total. The zero-order valence-corrected chi connectivity index (χ0v) is 28.6. The summed E-state index contributed by atoms with van der Waals surface area (Å²) in [4.78, 5) is 37.9. The van der Waals surface area contributed by atoms with E-state index in [0.29, 0.717) is 36.3 Å². The monoisotopic (exact) mass is 602 g/mol.